The number of ether oxygens (including phenoxy) is 1. The fourth-order valence-corrected chi connectivity index (χ4v) is 1.84. The zero-order chi connectivity index (χ0) is 14.8. The van der Waals surface area contributed by atoms with Crippen molar-refractivity contribution in [1.29, 1.82) is 0 Å². The lowest BCUT2D eigenvalue weighted by Gasteiger charge is -2.20. The van der Waals surface area contributed by atoms with Gasteiger partial charge in [-0.15, -0.1) is 0 Å². The van der Waals surface area contributed by atoms with E-state index in [2.05, 4.69) is 29.5 Å². The van der Waals surface area contributed by atoms with E-state index >= 15 is 0 Å². The van der Waals surface area contributed by atoms with Gasteiger partial charge in [-0.25, -0.2) is 0 Å². The van der Waals surface area contributed by atoms with Crippen LogP contribution in [0, 0.1) is 0 Å². The molecule has 1 rings (SSSR count). The number of para-hydroxylation sites is 1. The molecule has 1 atom stereocenters. The van der Waals surface area contributed by atoms with Crippen LogP contribution < -0.4 is 15.4 Å². The van der Waals surface area contributed by atoms with Crippen LogP contribution in [-0.2, 0) is 0 Å². The van der Waals surface area contributed by atoms with Gasteiger partial charge in [0.15, 0.2) is 5.96 Å². The smallest absolute Gasteiger partial charge is 0.191 e. The number of hydrogen-bond acceptors (Lipinski definition) is 2. The largest absolute Gasteiger partial charge is 0.487 e. The summed E-state index contributed by atoms with van der Waals surface area (Å²) in [7, 11) is 1.76. The van der Waals surface area contributed by atoms with Crippen LogP contribution in [0.2, 0.25) is 5.02 Å². The first-order valence-corrected chi connectivity index (χ1v) is 7.44. The fraction of sp³-hybridized carbons (Fsp3) is 0.533. The van der Waals surface area contributed by atoms with Crippen molar-refractivity contribution in [3.05, 3.63) is 29.3 Å². The molecule has 0 saturated heterocycles. The summed E-state index contributed by atoms with van der Waals surface area (Å²) < 4.78 is 5.92. The molecule has 0 aliphatic heterocycles. The lowest BCUT2D eigenvalue weighted by atomic mass is 10.2. The van der Waals surface area contributed by atoms with E-state index in [0.717, 1.165) is 31.1 Å². The first-order chi connectivity index (χ1) is 9.71. The molecule has 1 aromatic carbocycles. The molecule has 0 aliphatic carbocycles. The molecule has 0 heterocycles. The van der Waals surface area contributed by atoms with Crippen molar-refractivity contribution in [3.8, 4) is 5.75 Å². The molecule has 0 aliphatic rings. The Morgan fingerprint density at radius 3 is 2.65 bits per heavy atom. The zero-order valence-corrected chi connectivity index (χ0v) is 13.2. The zero-order valence-electron chi connectivity index (χ0n) is 12.4. The van der Waals surface area contributed by atoms with E-state index in [1.807, 2.05) is 24.3 Å². The molecule has 112 valence electrons. The summed E-state index contributed by atoms with van der Waals surface area (Å²) in [6, 6.07) is 7.53. The van der Waals surface area contributed by atoms with Crippen LogP contribution in [0.5, 0.6) is 5.75 Å². The van der Waals surface area contributed by atoms with E-state index in [4.69, 9.17) is 16.3 Å². The SMILES string of the molecule is CCCNC(=NC)NCC(CC)Oc1ccccc1Cl. The number of halogens is 1. The third kappa shape index (κ3) is 5.70. The van der Waals surface area contributed by atoms with E-state index in [0.29, 0.717) is 11.6 Å². The molecule has 5 heteroatoms. The molecule has 0 bridgehead atoms. The van der Waals surface area contributed by atoms with E-state index in [-0.39, 0.29) is 6.10 Å². The summed E-state index contributed by atoms with van der Waals surface area (Å²) in [5.74, 6) is 1.52. The average Bonchev–Trinajstić information content (AvgIpc) is 2.48. The molecule has 2 N–H and O–H groups in total. The van der Waals surface area contributed by atoms with Crippen molar-refractivity contribution in [1.82, 2.24) is 10.6 Å². The number of nitrogens with zero attached hydrogens (tertiary/aromatic N) is 1. The summed E-state index contributed by atoms with van der Waals surface area (Å²) in [5.41, 5.74) is 0. The van der Waals surface area contributed by atoms with E-state index in [9.17, 15) is 0 Å². The Morgan fingerprint density at radius 2 is 2.05 bits per heavy atom. The van der Waals surface area contributed by atoms with Crippen molar-refractivity contribution in [3.63, 3.8) is 0 Å². The van der Waals surface area contributed by atoms with Crippen LogP contribution in [0.1, 0.15) is 26.7 Å². The maximum atomic E-state index is 6.10. The lowest BCUT2D eigenvalue weighted by molar-refractivity contribution is 0.199. The number of aliphatic imine (C=N–C) groups is 1. The molecule has 0 spiro atoms. The number of guanidine groups is 1. The molecule has 1 unspecified atom stereocenters. The second kappa shape index (κ2) is 9.48. The maximum Gasteiger partial charge on any atom is 0.191 e. The molecule has 0 saturated carbocycles. The van der Waals surface area contributed by atoms with Gasteiger partial charge in [0.05, 0.1) is 11.6 Å². The summed E-state index contributed by atoms with van der Waals surface area (Å²) in [6.45, 7) is 5.80. The maximum absolute atomic E-state index is 6.10. The summed E-state index contributed by atoms with van der Waals surface area (Å²) in [4.78, 5) is 4.17. The Balaban J connectivity index is 2.49. The van der Waals surface area contributed by atoms with Crippen molar-refractivity contribution >= 4 is 17.6 Å². The lowest BCUT2D eigenvalue weighted by Crippen LogP contribution is -2.42. The predicted molar refractivity (Wildman–Crippen MR) is 85.8 cm³/mol. The number of rotatable bonds is 7. The normalized spacial score (nSPS) is 12.9. The third-order valence-corrected chi connectivity index (χ3v) is 3.16. The Hall–Kier alpha value is -1.42. The van der Waals surface area contributed by atoms with Gasteiger partial charge in [-0.2, -0.15) is 0 Å². The van der Waals surface area contributed by atoms with Gasteiger partial charge in [-0.3, -0.25) is 4.99 Å². The minimum absolute atomic E-state index is 0.0510. The highest BCUT2D eigenvalue weighted by Gasteiger charge is 2.11. The van der Waals surface area contributed by atoms with Crippen LogP contribution >= 0.6 is 11.6 Å². The molecule has 0 radical (unpaired) electrons. The van der Waals surface area contributed by atoms with Gasteiger partial charge in [-0.1, -0.05) is 37.6 Å². The van der Waals surface area contributed by atoms with Gasteiger partial charge in [0.25, 0.3) is 0 Å². The molecule has 0 aromatic heterocycles. The first-order valence-electron chi connectivity index (χ1n) is 7.06. The van der Waals surface area contributed by atoms with Gasteiger partial charge in [-0.05, 0) is 25.0 Å². The highest BCUT2D eigenvalue weighted by atomic mass is 35.5. The summed E-state index contributed by atoms with van der Waals surface area (Å²) >= 11 is 6.10. The van der Waals surface area contributed by atoms with Crippen LogP contribution in [0.4, 0.5) is 0 Å². The standard InChI is InChI=1S/C15H24ClN3O/c1-4-10-18-15(17-3)19-11-12(5-2)20-14-9-7-6-8-13(14)16/h6-9,12H,4-5,10-11H2,1-3H3,(H2,17,18,19). The summed E-state index contributed by atoms with van der Waals surface area (Å²) in [5, 5.41) is 7.14. The second-order valence-electron chi connectivity index (χ2n) is 4.46. The minimum atomic E-state index is 0.0510. The van der Waals surface area contributed by atoms with E-state index < -0.39 is 0 Å². The van der Waals surface area contributed by atoms with Crippen LogP contribution in [0.25, 0.3) is 0 Å². The van der Waals surface area contributed by atoms with Crippen LogP contribution in [-0.4, -0.2) is 32.2 Å². The molecule has 0 amide bonds. The second-order valence-corrected chi connectivity index (χ2v) is 4.87. The first kappa shape index (κ1) is 16.6. The predicted octanol–water partition coefficient (Wildman–Crippen LogP) is 3.07. The Kier molecular flexibility index (Phi) is 7.88. The fourth-order valence-electron chi connectivity index (χ4n) is 1.66. The highest BCUT2D eigenvalue weighted by molar-refractivity contribution is 6.32. The molecule has 4 nitrogen and oxygen atoms in total. The van der Waals surface area contributed by atoms with Gasteiger partial charge in [0.2, 0.25) is 0 Å². The topological polar surface area (TPSA) is 45.7 Å². The van der Waals surface area contributed by atoms with Gasteiger partial charge in [0, 0.05) is 13.6 Å². The van der Waals surface area contributed by atoms with Gasteiger partial charge < -0.3 is 15.4 Å². The number of benzene rings is 1. The Bertz CT molecular complexity index is 423. The van der Waals surface area contributed by atoms with Crippen molar-refractivity contribution in [2.75, 3.05) is 20.1 Å². The third-order valence-electron chi connectivity index (χ3n) is 2.85. The molecule has 1 aromatic rings. The summed E-state index contributed by atoms with van der Waals surface area (Å²) in [6.07, 6.45) is 2.01. The molecular formula is C15H24ClN3O. The van der Waals surface area contributed by atoms with Crippen molar-refractivity contribution in [2.24, 2.45) is 4.99 Å². The van der Waals surface area contributed by atoms with Crippen LogP contribution in [0.15, 0.2) is 29.3 Å². The van der Waals surface area contributed by atoms with E-state index in [1.165, 1.54) is 0 Å². The highest BCUT2D eigenvalue weighted by Crippen LogP contribution is 2.24. The van der Waals surface area contributed by atoms with Crippen LogP contribution in [0.3, 0.4) is 0 Å². The van der Waals surface area contributed by atoms with Crippen molar-refractivity contribution < 1.29 is 4.74 Å². The Morgan fingerprint density at radius 1 is 1.30 bits per heavy atom. The van der Waals surface area contributed by atoms with E-state index in [1.54, 1.807) is 7.05 Å². The number of hydrogen-bond donors (Lipinski definition) is 2. The van der Waals surface area contributed by atoms with Gasteiger partial charge in [0.1, 0.15) is 11.9 Å². The quantitative estimate of drug-likeness (QED) is 0.600. The van der Waals surface area contributed by atoms with Gasteiger partial charge >= 0.3 is 0 Å². The molecule has 0 fully saturated rings. The molecule has 20 heavy (non-hydrogen) atoms. The minimum Gasteiger partial charge on any atom is -0.487 e. The van der Waals surface area contributed by atoms with Crippen molar-refractivity contribution in [2.45, 2.75) is 32.8 Å². The monoisotopic (exact) mass is 297 g/mol. The molecular weight excluding hydrogens is 274 g/mol. The Labute approximate surface area is 126 Å². The number of nitrogens with one attached hydrogen (secondary N) is 2. The average molecular weight is 298 g/mol.